The number of benzene rings is 2. The Balaban J connectivity index is 1.65. The van der Waals surface area contributed by atoms with E-state index in [1.807, 2.05) is 24.3 Å². The van der Waals surface area contributed by atoms with Gasteiger partial charge in [0.05, 0.1) is 19.8 Å². The molecule has 0 radical (unpaired) electrons. The zero-order valence-electron chi connectivity index (χ0n) is 19.5. The summed E-state index contributed by atoms with van der Waals surface area (Å²) in [5.41, 5.74) is 2.48. The smallest absolute Gasteiger partial charge is 0.123 e. The van der Waals surface area contributed by atoms with Gasteiger partial charge >= 0.3 is 0 Å². The van der Waals surface area contributed by atoms with Crippen LogP contribution in [0.3, 0.4) is 0 Å². The van der Waals surface area contributed by atoms with Crippen molar-refractivity contribution in [1.82, 2.24) is 4.90 Å². The molecule has 0 saturated heterocycles. The highest BCUT2D eigenvalue weighted by Crippen LogP contribution is 2.45. The first-order chi connectivity index (χ1) is 14.8. The molecule has 0 aromatic heterocycles. The second-order valence-electron chi connectivity index (χ2n) is 9.15. The summed E-state index contributed by atoms with van der Waals surface area (Å²) < 4.78 is 24.5. The quantitative estimate of drug-likeness (QED) is 0.620. The van der Waals surface area contributed by atoms with E-state index in [2.05, 4.69) is 25.8 Å². The average molecular weight is 430 g/mol. The number of fused-ring (bicyclic) bond motifs is 1. The first-order valence-electron chi connectivity index (χ1n) is 11.2. The van der Waals surface area contributed by atoms with E-state index in [4.69, 9.17) is 9.47 Å². The minimum absolute atomic E-state index is 0.0173. The number of halogens is 1. The van der Waals surface area contributed by atoms with Crippen molar-refractivity contribution in [3.63, 3.8) is 0 Å². The van der Waals surface area contributed by atoms with Crippen LogP contribution < -0.4 is 9.47 Å². The Morgan fingerprint density at radius 1 is 1.13 bits per heavy atom. The predicted octanol–water partition coefficient (Wildman–Crippen LogP) is 4.82. The van der Waals surface area contributed by atoms with Gasteiger partial charge in [0, 0.05) is 19.0 Å². The number of aryl methyl sites for hydroxylation is 1. The standard InChI is InChI=1S/C26H36FNO3/c1-18(2)25-23-8-6-21(27)16-19(23)10-12-26(25,29)13-15-28(3)14-11-20-17-22(30-4)7-9-24(20)31-5/h6-9,16-18,25,29H,10-15H2,1-5H3/t25-,26-/m0/s1. The second-order valence-corrected chi connectivity index (χ2v) is 9.15. The first-order valence-corrected chi connectivity index (χ1v) is 11.2. The fourth-order valence-corrected chi connectivity index (χ4v) is 5.04. The molecule has 0 aliphatic heterocycles. The lowest BCUT2D eigenvalue weighted by atomic mass is 9.66. The molecule has 1 aliphatic rings. The molecule has 0 fully saturated rings. The van der Waals surface area contributed by atoms with Crippen LogP contribution in [0.5, 0.6) is 11.5 Å². The van der Waals surface area contributed by atoms with Crippen LogP contribution in [0.25, 0.3) is 0 Å². The molecule has 0 heterocycles. The lowest BCUT2D eigenvalue weighted by Gasteiger charge is -2.44. The summed E-state index contributed by atoms with van der Waals surface area (Å²) in [6.07, 6.45) is 2.92. The highest BCUT2D eigenvalue weighted by molar-refractivity contribution is 5.40. The highest BCUT2D eigenvalue weighted by atomic mass is 19.1. The summed E-state index contributed by atoms with van der Waals surface area (Å²) in [4.78, 5) is 2.26. The van der Waals surface area contributed by atoms with Gasteiger partial charge in [-0.2, -0.15) is 0 Å². The van der Waals surface area contributed by atoms with Crippen molar-refractivity contribution < 1.29 is 19.0 Å². The van der Waals surface area contributed by atoms with Gasteiger partial charge in [-0.05, 0) is 85.7 Å². The molecule has 1 aliphatic carbocycles. The Kier molecular flexibility index (Phi) is 7.60. The molecule has 1 N–H and O–H groups in total. The number of ether oxygens (including phenoxy) is 2. The van der Waals surface area contributed by atoms with Crippen molar-refractivity contribution in [1.29, 1.82) is 0 Å². The van der Waals surface area contributed by atoms with Crippen LogP contribution >= 0.6 is 0 Å². The topological polar surface area (TPSA) is 41.9 Å². The SMILES string of the molecule is COc1ccc(OC)c(CCN(C)CC[C@@]2(O)CCc3cc(F)ccc3[C@@H]2C(C)C)c1. The van der Waals surface area contributed by atoms with Gasteiger partial charge in [0.25, 0.3) is 0 Å². The average Bonchev–Trinajstić information content (AvgIpc) is 2.75. The minimum Gasteiger partial charge on any atom is -0.497 e. The van der Waals surface area contributed by atoms with E-state index >= 15 is 0 Å². The van der Waals surface area contributed by atoms with Crippen LogP contribution in [-0.4, -0.2) is 50.0 Å². The van der Waals surface area contributed by atoms with Crippen LogP contribution in [-0.2, 0) is 12.8 Å². The van der Waals surface area contributed by atoms with Crippen molar-refractivity contribution in [2.45, 2.75) is 51.0 Å². The summed E-state index contributed by atoms with van der Waals surface area (Å²) in [6, 6.07) is 10.9. The van der Waals surface area contributed by atoms with Gasteiger partial charge in [-0.3, -0.25) is 0 Å². The lowest BCUT2D eigenvalue weighted by Crippen LogP contribution is -2.45. The van der Waals surface area contributed by atoms with Crippen molar-refractivity contribution in [3.8, 4) is 11.5 Å². The van der Waals surface area contributed by atoms with Crippen LogP contribution in [0.1, 0.15) is 49.3 Å². The lowest BCUT2D eigenvalue weighted by molar-refractivity contribution is -0.0300. The fraction of sp³-hybridized carbons (Fsp3) is 0.538. The molecule has 0 amide bonds. The number of hydrogen-bond acceptors (Lipinski definition) is 4. The highest BCUT2D eigenvalue weighted by Gasteiger charge is 2.43. The van der Waals surface area contributed by atoms with Crippen LogP contribution in [0.15, 0.2) is 36.4 Å². The number of nitrogens with zero attached hydrogens (tertiary/aromatic N) is 1. The monoisotopic (exact) mass is 429 g/mol. The molecule has 2 atom stereocenters. The Hall–Kier alpha value is -2.11. The molecule has 0 unspecified atom stereocenters. The molecule has 31 heavy (non-hydrogen) atoms. The van der Waals surface area contributed by atoms with E-state index < -0.39 is 5.60 Å². The molecule has 5 heteroatoms. The molecule has 3 rings (SSSR count). The van der Waals surface area contributed by atoms with Gasteiger partial charge in [0.15, 0.2) is 0 Å². The zero-order valence-corrected chi connectivity index (χ0v) is 19.5. The number of hydrogen-bond donors (Lipinski definition) is 1. The van der Waals surface area contributed by atoms with E-state index in [1.165, 1.54) is 6.07 Å². The number of rotatable bonds is 9. The van der Waals surface area contributed by atoms with Crippen LogP contribution in [0.4, 0.5) is 4.39 Å². The molecular weight excluding hydrogens is 393 g/mol. The Morgan fingerprint density at radius 2 is 1.90 bits per heavy atom. The molecule has 2 aromatic rings. The van der Waals surface area contributed by atoms with Gasteiger partial charge < -0.3 is 19.5 Å². The molecular formula is C26H36FNO3. The summed E-state index contributed by atoms with van der Waals surface area (Å²) in [6.45, 7) is 5.94. The third-order valence-electron chi connectivity index (χ3n) is 6.69. The number of aliphatic hydroxyl groups is 1. The molecule has 170 valence electrons. The third-order valence-corrected chi connectivity index (χ3v) is 6.69. The maximum atomic E-state index is 13.7. The van der Waals surface area contributed by atoms with Crippen molar-refractivity contribution in [2.75, 3.05) is 34.4 Å². The summed E-state index contributed by atoms with van der Waals surface area (Å²) in [5, 5.41) is 11.6. The van der Waals surface area contributed by atoms with Crippen LogP contribution in [0, 0.1) is 11.7 Å². The van der Waals surface area contributed by atoms with Crippen molar-refractivity contribution in [2.24, 2.45) is 5.92 Å². The molecule has 0 saturated carbocycles. The van der Waals surface area contributed by atoms with E-state index in [0.29, 0.717) is 12.8 Å². The normalized spacial score (nSPS) is 20.7. The summed E-state index contributed by atoms with van der Waals surface area (Å²) in [7, 11) is 5.44. The van der Waals surface area contributed by atoms with E-state index in [9.17, 15) is 9.50 Å². The molecule has 0 bridgehead atoms. The Morgan fingerprint density at radius 3 is 2.58 bits per heavy atom. The summed E-state index contributed by atoms with van der Waals surface area (Å²) >= 11 is 0. The second kappa shape index (κ2) is 10.0. The van der Waals surface area contributed by atoms with Gasteiger partial charge in [-0.15, -0.1) is 0 Å². The van der Waals surface area contributed by atoms with Gasteiger partial charge in [-0.1, -0.05) is 19.9 Å². The molecule has 4 nitrogen and oxygen atoms in total. The number of likely N-dealkylation sites (N-methyl/N-ethyl adjacent to an activating group) is 1. The fourth-order valence-electron chi connectivity index (χ4n) is 5.04. The van der Waals surface area contributed by atoms with Crippen molar-refractivity contribution in [3.05, 3.63) is 58.9 Å². The van der Waals surface area contributed by atoms with Gasteiger partial charge in [0.1, 0.15) is 17.3 Å². The maximum Gasteiger partial charge on any atom is 0.123 e. The van der Waals surface area contributed by atoms with E-state index in [-0.39, 0.29) is 17.7 Å². The minimum atomic E-state index is -0.777. The van der Waals surface area contributed by atoms with Crippen LogP contribution in [0.2, 0.25) is 0 Å². The summed E-state index contributed by atoms with van der Waals surface area (Å²) in [5.74, 6) is 1.79. The van der Waals surface area contributed by atoms with Gasteiger partial charge in [-0.25, -0.2) is 4.39 Å². The zero-order chi connectivity index (χ0) is 22.6. The molecule has 0 spiro atoms. The third kappa shape index (κ3) is 5.39. The van der Waals surface area contributed by atoms with E-state index in [1.54, 1.807) is 20.3 Å². The first kappa shape index (κ1) is 23.6. The molecule has 2 aromatic carbocycles. The van der Waals surface area contributed by atoms with Crippen molar-refractivity contribution >= 4 is 0 Å². The number of methoxy groups -OCH3 is 2. The maximum absolute atomic E-state index is 13.7. The largest absolute Gasteiger partial charge is 0.497 e. The Labute approximate surface area is 186 Å². The van der Waals surface area contributed by atoms with Gasteiger partial charge in [0.2, 0.25) is 0 Å². The predicted molar refractivity (Wildman–Crippen MR) is 123 cm³/mol. The van der Waals surface area contributed by atoms with E-state index in [0.717, 1.165) is 54.1 Å². The Bertz CT molecular complexity index is 885.